The zero-order valence-corrected chi connectivity index (χ0v) is 15.6. The van der Waals surface area contributed by atoms with Crippen LogP contribution in [0.1, 0.15) is 49.0 Å². The van der Waals surface area contributed by atoms with E-state index < -0.39 is 6.04 Å². The van der Waals surface area contributed by atoms with Crippen molar-refractivity contribution in [3.63, 3.8) is 0 Å². The highest BCUT2D eigenvalue weighted by Crippen LogP contribution is 2.48. The Hall–Kier alpha value is -2.53. The van der Waals surface area contributed by atoms with Crippen LogP contribution < -0.4 is 5.73 Å². The summed E-state index contributed by atoms with van der Waals surface area (Å²) in [7, 11) is 0. The van der Waals surface area contributed by atoms with Gasteiger partial charge in [-0.15, -0.1) is 0 Å². The quantitative estimate of drug-likeness (QED) is 0.825. The highest BCUT2D eigenvalue weighted by atomic mass is 16.2. The molecule has 4 heterocycles. The summed E-state index contributed by atoms with van der Waals surface area (Å²) in [4.78, 5) is 37.8. The Kier molecular flexibility index (Phi) is 4.09. The highest BCUT2D eigenvalue weighted by Gasteiger charge is 2.56. The van der Waals surface area contributed by atoms with Gasteiger partial charge in [-0.3, -0.25) is 14.6 Å². The van der Waals surface area contributed by atoms with E-state index in [9.17, 15) is 14.9 Å². The average molecular weight is 380 g/mol. The van der Waals surface area contributed by atoms with Gasteiger partial charge < -0.3 is 15.5 Å². The van der Waals surface area contributed by atoms with E-state index >= 15 is 0 Å². The predicted octanol–water partition coefficient (Wildman–Crippen LogP) is 0.700. The number of amides is 2. The van der Waals surface area contributed by atoms with Crippen molar-refractivity contribution >= 4 is 11.8 Å². The van der Waals surface area contributed by atoms with Gasteiger partial charge in [-0.05, 0) is 50.4 Å². The van der Waals surface area contributed by atoms with E-state index in [4.69, 9.17) is 5.73 Å². The van der Waals surface area contributed by atoms with Crippen LogP contribution in [0.4, 0.5) is 0 Å². The van der Waals surface area contributed by atoms with Crippen LogP contribution in [0.3, 0.4) is 0 Å². The zero-order chi connectivity index (χ0) is 19.4. The molecule has 8 nitrogen and oxygen atoms in total. The minimum atomic E-state index is -0.591. The fraction of sp³-hybridized carbons (Fsp3) is 0.650. The summed E-state index contributed by atoms with van der Waals surface area (Å²) in [5.74, 6) is 0.384. The van der Waals surface area contributed by atoms with Crippen molar-refractivity contribution in [2.24, 2.45) is 17.6 Å². The molecule has 1 aliphatic carbocycles. The third-order valence-electron chi connectivity index (χ3n) is 7.09. The molecule has 2 amide bonds. The normalized spacial score (nSPS) is 36.6. The van der Waals surface area contributed by atoms with E-state index in [1.54, 1.807) is 11.1 Å². The monoisotopic (exact) mass is 380 g/mol. The molecular formula is C20H24N6O2. The van der Waals surface area contributed by atoms with E-state index in [1.165, 1.54) is 12.4 Å². The number of rotatable bonds is 3. The molecule has 0 spiro atoms. The van der Waals surface area contributed by atoms with Crippen LogP contribution in [-0.4, -0.2) is 61.8 Å². The number of nitriles is 1. The number of carbonyl (C=O) groups excluding carboxylic acids is 2. The first-order valence-corrected chi connectivity index (χ1v) is 10.1. The molecule has 1 aromatic rings. The summed E-state index contributed by atoms with van der Waals surface area (Å²) >= 11 is 0. The summed E-state index contributed by atoms with van der Waals surface area (Å²) in [5.41, 5.74) is 6.80. The molecule has 3 aliphatic heterocycles. The fourth-order valence-electron chi connectivity index (χ4n) is 5.65. The number of carbonyl (C=O) groups is 2. The number of fused-ring (bicyclic) bond motifs is 3. The lowest BCUT2D eigenvalue weighted by molar-refractivity contribution is -0.135. The van der Waals surface area contributed by atoms with E-state index in [0.29, 0.717) is 11.6 Å². The summed E-state index contributed by atoms with van der Waals surface area (Å²) in [6, 6.07) is 1.76. The van der Waals surface area contributed by atoms with E-state index in [1.807, 2.05) is 4.90 Å². The molecule has 4 fully saturated rings. The molecular weight excluding hydrogens is 356 g/mol. The number of aromatic nitrogens is 2. The molecule has 5 rings (SSSR count). The maximum Gasteiger partial charge on any atom is 0.274 e. The Morgan fingerprint density at radius 3 is 2.54 bits per heavy atom. The standard InChI is InChI=1S/C20H24N6O2/c21-9-15-5-11-8-17(11)26(15)20(28)18(22)12-6-13-1-2-14(7-12)25(13)19(27)16-10-23-3-4-24-16/h3-4,10-15,17-18H,1-2,5-8,22H2/t11-,12?,13?,14?,15+,17+,18-/m1/s1. The molecule has 2 N–H and O–H groups in total. The second-order valence-electron chi connectivity index (χ2n) is 8.63. The summed E-state index contributed by atoms with van der Waals surface area (Å²) < 4.78 is 0. The van der Waals surface area contributed by atoms with Crippen LogP contribution in [0.2, 0.25) is 0 Å². The topological polar surface area (TPSA) is 116 Å². The zero-order valence-electron chi connectivity index (χ0n) is 15.6. The number of likely N-dealkylation sites (tertiary alicyclic amines) is 1. The minimum Gasteiger partial charge on any atom is -0.331 e. The van der Waals surface area contributed by atoms with Gasteiger partial charge in [-0.2, -0.15) is 5.26 Å². The van der Waals surface area contributed by atoms with Gasteiger partial charge in [0.05, 0.1) is 18.3 Å². The van der Waals surface area contributed by atoms with Gasteiger partial charge in [0.25, 0.3) is 5.91 Å². The molecule has 28 heavy (non-hydrogen) atoms. The van der Waals surface area contributed by atoms with Gasteiger partial charge in [0.2, 0.25) is 5.91 Å². The Morgan fingerprint density at radius 1 is 1.14 bits per heavy atom. The first-order chi connectivity index (χ1) is 13.6. The van der Waals surface area contributed by atoms with Gasteiger partial charge in [0.15, 0.2) is 0 Å². The number of hydrogen-bond acceptors (Lipinski definition) is 6. The molecule has 0 radical (unpaired) electrons. The molecule has 1 aromatic heterocycles. The average Bonchev–Trinajstić information content (AvgIpc) is 3.32. The SMILES string of the molecule is N#C[C@@H]1C[C@@H]2C[C@@H]2N1C(=O)[C@H](N)C1CC2CCC(C1)N2C(=O)c1cnccn1. The Labute approximate surface area is 163 Å². The lowest BCUT2D eigenvalue weighted by atomic mass is 9.84. The second-order valence-corrected chi connectivity index (χ2v) is 8.63. The molecule has 2 unspecified atom stereocenters. The molecule has 8 heteroatoms. The number of piperidine rings is 2. The summed E-state index contributed by atoms with van der Waals surface area (Å²) in [5, 5.41) is 9.37. The fourth-order valence-corrected chi connectivity index (χ4v) is 5.65. The molecule has 1 saturated carbocycles. The lowest BCUT2D eigenvalue weighted by Gasteiger charge is -2.41. The van der Waals surface area contributed by atoms with Crippen molar-refractivity contribution < 1.29 is 9.59 Å². The molecule has 4 aliphatic rings. The second kappa shape index (κ2) is 6.52. The third-order valence-corrected chi connectivity index (χ3v) is 7.09. The first-order valence-electron chi connectivity index (χ1n) is 10.1. The maximum absolute atomic E-state index is 13.1. The molecule has 146 valence electrons. The number of nitrogens with two attached hydrogens (primary N) is 1. The molecule has 6 atom stereocenters. The van der Waals surface area contributed by atoms with Gasteiger partial charge in [0, 0.05) is 30.5 Å². The van der Waals surface area contributed by atoms with Crippen LogP contribution in [0.15, 0.2) is 18.6 Å². The molecule has 3 saturated heterocycles. The first kappa shape index (κ1) is 17.6. The smallest absolute Gasteiger partial charge is 0.274 e. The third kappa shape index (κ3) is 2.68. The van der Waals surface area contributed by atoms with E-state index in [-0.39, 0.29) is 41.9 Å². The van der Waals surface area contributed by atoms with E-state index in [2.05, 4.69) is 16.0 Å². The Balaban J connectivity index is 1.29. The molecule has 0 aromatic carbocycles. The summed E-state index contributed by atoms with van der Waals surface area (Å²) in [6.45, 7) is 0. The largest absolute Gasteiger partial charge is 0.331 e. The highest BCUT2D eigenvalue weighted by molar-refractivity contribution is 5.92. The Morgan fingerprint density at radius 2 is 1.89 bits per heavy atom. The Bertz CT molecular complexity index is 825. The lowest BCUT2D eigenvalue weighted by Crippen LogP contribution is -2.55. The minimum absolute atomic E-state index is 0.0491. The van der Waals surface area contributed by atoms with Crippen molar-refractivity contribution in [1.82, 2.24) is 19.8 Å². The van der Waals surface area contributed by atoms with Gasteiger partial charge in [-0.25, -0.2) is 4.98 Å². The predicted molar refractivity (Wildman–Crippen MR) is 98.5 cm³/mol. The van der Waals surface area contributed by atoms with Gasteiger partial charge in [-0.1, -0.05) is 0 Å². The van der Waals surface area contributed by atoms with E-state index in [0.717, 1.165) is 38.5 Å². The van der Waals surface area contributed by atoms with Crippen LogP contribution in [0.25, 0.3) is 0 Å². The van der Waals surface area contributed by atoms with Crippen molar-refractivity contribution in [3.8, 4) is 6.07 Å². The van der Waals surface area contributed by atoms with Crippen molar-refractivity contribution in [1.29, 1.82) is 5.26 Å². The van der Waals surface area contributed by atoms with Crippen LogP contribution >= 0.6 is 0 Å². The van der Waals surface area contributed by atoms with Crippen LogP contribution in [0, 0.1) is 23.2 Å². The molecule has 2 bridgehead atoms. The summed E-state index contributed by atoms with van der Waals surface area (Å²) in [6.07, 6.45) is 9.71. The van der Waals surface area contributed by atoms with Crippen molar-refractivity contribution in [2.45, 2.75) is 68.7 Å². The van der Waals surface area contributed by atoms with Gasteiger partial charge in [0.1, 0.15) is 11.7 Å². The van der Waals surface area contributed by atoms with Crippen molar-refractivity contribution in [3.05, 3.63) is 24.3 Å². The number of nitrogens with zero attached hydrogens (tertiary/aromatic N) is 5. The maximum atomic E-state index is 13.1. The van der Waals surface area contributed by atoms with Crippen LogP contribution in [-0.2, 0) is 4.79 Å². The van der Waals surface area contributed by atoms with Crippen molar-refractivity contribution in [2.75, 3.05) is 0 Å². The van der Waals surface area contributed by atoms with Crippen LogP contribution in [0.5, 0.6) is 0 Å². The number of hydrogen-bond donors (Lipinski definition) is 1. The van der Waals surface area contributed by atoms with Gasteiger partial charge >= 0.3 is 0 Å².